The van der Waals surface area contributed by atoms with Crippen molar-refractivity contribution in [2.45, 2.75) is 32.7 Å². The van der Waals surface area contributed by atoms with E-state index in [1.165, 1.54) is 0 Å². The summed E-state index contributed by atoms with van der Waals surface area (Å²) in [6, 6.07) is 11.1. The molecule has 0 saturated carbocycles. The highest BCUT2D eigenvalue weighted by Gasteiger charge is 2.26. The van der Waals surface area contributed by atoms with Crippen molar-refractivity contribution >= 4 is 34.3 Å². The van der Waals surface area contributed by atoms with Gasteiger partial charge in [0.15, 0.2) is 0 Å². The number of nitrogens with zero attached hydrogens (tertiary/aromatic N) is 1. The molecular formula is C22H24ClN3O3. The molecule has 2 N–H and O–H groups in total. The van der Waals surface area contributed by atoms with Gasteiger partial charge in [0.05, 0.1) is 6.54 Å². The van der Waals surface area contributed by atoms with Gasteiger partial charge in [-0.05, 0) is 62.1 Å². The molecule has 0 unspecified atom stereocenters. The van der Waals surface area contributed by atoms with E-state index in [1.807, 2.05) is 42.2 Å². The molecule has 4 rings (SSSR count). The predicted octanol–water partition coefficient (Wildman–Crippen LogP) is 4.28. The second kappa shape index (κ2) is 8.33. The molecule has 1 aromatic carbocycles. The van der Waals surface area contributed by atoms with Gasteiger partial charge in [-0.15, -0.1) is 0 Å². The number of halogens is 1. The summed E-state index contributed by atoms with van der Waals surface area (Å²) in [6.45, 7) is 3.61. The number of carbonyl (C=O) groups is 2. The zero-order valence-corrected chi connectivity index (χ0v) is 17.1. The number of H-pyrrole nitrogens is 1. The molecule has 1 saturated heterocycles. The molecule has 6 nitrogen and oxygen atoms in total. The number of piperidine rings is 1. The minimum atomic E-state index is -0.00610. The number of benzene rings is 1. The van der Waals surface area contributed by atoms with Gasteiger partial charge in [0, 0.05) is 35.4 Å². The summed E-state index contributed by atoms with van der Waals surface area (Å²) < 4.78 is 5.47. The van der Waals surface area contributed by atoms with E-state index < -0.39 is 0 Å². The number of rotatable bonds is 5. The highest BCUT2D eigenvalue weighted by Crippen LogP contribution is 2.24. The smallest absolute Gasteiger partial charge is 0.270 e. The molecule has 1 fully saturated rings. The van der Waals surface area contributed by atoms with Gasteiger partial charge in [0.2, 0.25) is 5.91 Å². The standard InChI is InChI=1S/C22H24ClN3O3/c1-14-2-4-18(29-14)13-24-21(27)10-15-6-8-26(9-7-15)22(28)20-12-16-11-17(23)3-5-19(16)25-20/h2-5,11-12,15,25H,6-10,13H2,1H3,(H,24,27). The van der Waals surface area contributed by atoms with Crippen LogP contribution in [0.5, 0.6) is 0 Å². The van der Waals surface area contributed by atoms with Crippen LogP contribution in [0.3, 0.4) is 0 Å². The SMILES string of the molecule is Cc1ccc(CNC(=O)CC2CCN(C(=O)c3cc4cc(Cl)ccc4[nH]3)CC2)o1. The van der Waals surface area contributed by atoms with E-state index in [2.05, 4.69) is 10.3 Å². The van der Waals surface area contributed by atoms with Crippen LogP contribution in [-0.2, 0) is 11.3 Å². The second-order valence-corrected chi connectivity index (χ2v) is 8.08. The first-order valence-corrected chi connectivity index (χ1v) is 10.3. The van der Waals surface area contributed by atoms with Gasteiger partial charge < -0.3 is 19.6 Å². The Bertz CT molecular complexity index is 1030. The van der Waals surface area contributed by atoms with Crippen LogP contribution < -0.4 is 5.32 Å². The number of amides is 2. The van der Waals surface area contributed by atoms with Crippen LogP contribution in [0.4, 0.5) is 0 Å². The lowest BCUT2D eigenvalue weighted by Crippen LogP contribution is -2.39. The number of aryl methyl sites for hydroxylation is 1. The third-order valence-electron chi connectivity index (χ3n) is 5.44. The van der Waals surface area contributed by atoms with E-state index in [1.54, 1.807) is 6.07 Å². The predicted molar refractivity (Wildman–Crippen MR) is 112 cm³/mol. The summed E-state index contributed by atoms with van der Waals surface area (Å²) in [5.74, 6) is 1.91. The molecule has 3 heterocycles. The van der Waals surface area contributed by atoms with Crippen molar-refractivity contribution in [3.63, 3.8) is 0 Å². The molecule has 7 heteroatoms. The van der Waals surface area contributed by atoms with E-state index >= 15 is 0 Å². The first-order chi connectivity index (χ1) is 14.0. The zero-order valence-electron chi connectivity index (χ0n) is 16.3. The maximum Gasteiger partial charge on any atom is 0.270 e. The van der Waals surface area contributed by atoms with Crippen LogP contribution in [0.2, 0.25) is 5.02 Å². The van der Waals surface area contributed by atoms with Crippen LogP contribution in [0.15, 0.2) is 40.8 Å². The molecule has 0 atom stereocenters. The molecule has 0 bridgehead atoms. The molecule has 2 amide bonds. The molecular weight excluding hydrogens is 390 g/mol. The molecule has 0 aliphatic carbocycles. The molecule has 0 radical (unpaired) electrons. The number of nitrogens with one attached hydrogen (secondary N) is 2. The molecule has 0 spiro atoms. The summed E-state index contributed by atoms with van der Waals surface area (Å²) in [7, 11) is 0. The average molecular weight is 414 g/mol. The maximum absolute atomic E-state index is 12.8. The third kappa shape index (κ3) is 4.65. The Balaban J connectivity index is 1.27. The fourth-order valence-electron chi connectivity index (χ4n) is 3.83. The number of likely N-dealkylation sites (tertiary alicyclic amines) is 1. The van der Waals surface area contributed by atoms with E-state index in [9.17, 15) is 9.59 Å². The number of aromatic amines is 1. The van der Waals surface area contributed by atoms with Crippen molar-refractivity contribution in [1.82, 2.24) is 15.2 Å². The van der Waals surface area contributed by atoms with Gasteiger partial charge in [-0.3, -0.25) is 9.59 Å². The van der Waals surface area contributed by atoms with Gasteiger partial charge in [0.25, 0.3) is 5.91 Å². The van der Waals surface area contributed by atoms with Gasteiger partial charge in [-0.2, -0.15) is 0 Å². The highest BCUT2D eigenvalue weighted by atomic mass is 35.5. The van der Waals surface area contributed by atoms with E-state index in [0.29, 0.717) is 42.7 Å². The minimum absolute atomic E-state index is 0.00610. The van der Waals surface area contributed by atoms with Gasteiger partial charge in [-0.25, -0.2) is 0 Å². The Kier molecular flexibility index (Phi) is 5.62. The van der Waals surface area contributed by atoms with Crippen LogP contribution in [0.25, 0.3) is 10.9 Å². The van der Waals surface area contributed by atoms with Crippen molar-refractivity contribution in [1.29, 1.82) is 0 Å². The van der Waals surface area contributed by atoms with E-state index in [0.717, 1.165) is 35.3 Å². The zero-order chi connectivity index (χ0) is 20.4. The molecule has 152 valence electrons. The van der Waals surface area contributed by atoms with Crippen molar-refractivity contribution in [2.75, 3.05) is 13.1 Å². The van der Waals surface area contributed by atoms with Crippen molar-refractivity contribution in [3.05, 3.63) is 58.6 Å². The van der Waals surface area contributed by atoms with Crippen molar-refractivity contribution in [2.24, 2.45) is 5.92 Å². The lowest BCUT2D eigenvalue weighted by molar-refractivity contribution is -0.122. The summed E-state index contributed by atoms with van der Waals surface area (Å²) >= 11 is 6.02. The number of carbonyl (C=O) groups excluding carboxylic acids is 2. The molecule has 2 aromatic heterocycles. The van der Waals surface area contributed by atoms with Crippen LogP contribution in [-0.4, -0.2) is 34.8 Å². The topological polar surface area (TPSA) is 78.3 Å². The Morgan fingerprint density at radius 3 is 2.72 bits per heavy atom. The van der Waals surface area contributed by atoms with Gasteiger partial charge in [-0.1, -0.05) is 11.6 Å². The largest absolute Gasteiger partial charge is 0.465 e. The van der Waals surface area contributed by atoms with Gasteiger partial charge in [0.1, 0.15) is 17.2 Å². The fraction of sp³-hybridized carbons (Fsp3) is 0.364. The quantitative estimate of drug-likeness (QED) is 0.655. The molecule has 1 aliphatic heterocycles. The molecule has 29 heavy (non-hydrogen) atoms. The van der Waals surface area contributed by atoms with Crippen molar-refractivity contribution in [3.8, 4) is 0 Å². The van der Waals surface area contributed by atoms with Crippen LogP contribution >= 0.6 is 11.6 Å². The average Bonchev–Trinajstić information content (AvgIpc) is 3.32. The minimum Gasteiger partial charge on any atom is -0.465 e. The maximum atomic E-state index is 12.8. The van der Waals surface area contributed by atoms with Gasteiger partial charge >= 0.3 is 0 Å². The number of aromatic nitrogens is 1. The summed E-state index contributed by atoms with van der Waals surface area (Å²) in [4.78, 5) is 30.1. The first kappa shape index (κ1) is 19.6. The number of hydrogen-bond acceptors (Lipinski definition) is 3. The lowest BCUT2D eigenvalue weighted by atomic mass is 9.93. The van der Waals surface area contributed by atoms with E-state index in [4.69, 9.17) is 16.0 Å². The number of hydrogen-bond donors (Lipinski definition) is 2. The fourth-order valence-corrected chi connectivity index (χ4v) is 4.01. The Morgan fingerprint density at radius 2 is 2.00 bits per heavy atom. The first-order valence-electron chi connectivity index (χ1n) is 9.87. The summed E-state index contributed by atoms with van der Waals surface area (Å²) in [6.07, 6.45) is 2.13. The number of furan rings is 1. The summed E-state index contributed by atoms with van der Waals surface area (Å²) in [5.41, 5.74) is 1.48. The molecule has 1 aliphatic rings. The number of fused-ring (bicyclic) bond motifs is 1. The van der Waals surface area contributed by atoms with Crippen LogP contribution in [0, 0.1) is 12.8 Å². The Labute approximate surface area is 174 Å². The lowest BCUT2D eigenvalue weighted by Gasteiger charge is -2.31. The normalized spacial score (nSPS) is 15.0. The Morgan fingerprint density at radius 1 is 1.21 bits per heavy atom. The molecule has 3 aromatic rings. The van der Waals surface area contributed by atoms with E-state index in [-0.39, 0.29) is 11.8 Å². The summed E-state index contributed by atoms with van der Waals surface area (Å²) in [5, 5.41) is 4.49. The highest BCUT2D eigenvalue weighted by molar-refractivity contribution is 6.31. The Hall–Kier alpha value is -2.73. The van der Waals surface area contributed by atoms with Crippen LogP contribution in [0.1, 0.15) is 41.3 Å². The third-order valence-corrected chi connectivity index (χ3v) is 5.68. The van der Waals surface area contributed by atoms with Crippen molar-refractivity contribution < 1.29 is 14.0 Å². The monoisotopic (exact) mass is 413 g/mol. The second-order valence-electron chi connectivity index (χ2n) is 7.64.